The number of alkyl halides is 3. The molecule has 3 aromatic rings. The van der Waals surface area contributed by atoms with Crippen LogP contribution >= 0.6 is 0 Å². The maximum atomic E-state index is 13.5. The summed E-state index contributed by atoms with van der Waals surface area (Å²) in [6.45, 7) is 1.80. The highest BCUT2D eigenvalue weighted by atomic mass is 32.2. The first-order valence-corrected chi connectivity index (χ1v) is 14.2. The number of hydrogen-bond donors (Lipinski definition) is 2. The molecule has 2 aliphatic rings. The maximum absolute atomic E-state index is 13.5. The van der Waals surface area contributed by atoms with Crippen molar-refractivity contribution in [3.05, 3.63) is 77.5 Å². The van der Waals surface area contributed by atoms with E-state index >= 15 is 0 Å². The van der Waals surface area contributed by atoms with Crippen LogP contribution in [0.2, 0.25) is 0 Å². The lowest BCUT2D eigenvalue weighted by Crippen LogP contribution is -2.42. The Balaban J connectivity index is 1.45. The van der Waals surface area contributed by atoms with Crippen LogP contribution in [0.1, 0.15) is 61.4 Å². The number of rotatable bonds is 8. The Bertz CT molecular complexity index is 1410. The van der Waals surface area contributed by atoms with Gasteiger partial charge in [0.15, 0.2) is 0 Å². The predicted molar refractivity (Wildman–Crippen MR) is 140 cm³/mol. The molecule has 2 atom stereocenters. The fourth-order valence-electron chi connectivity index (χ4n) is 5.09. The van der Waals surface area contributed by atoms with E-state index in [0.29, 0.717) is 12.1 Å². The van der Waals surface area contributed by atoms with E-state index in [9.17, 15) is 21.6 Å². The summed E-state index contributed by atoms with van der Waals surface area (Å²) in [5, 5.41) is 0. The van der Waals surface area contributed by atoms with Crippen molar-refractivity contribution in [2.45, 2.75) is 56.9 Å². The molecular weight excluding hydrogens is 517 g/mol. The van der Waals surface area contributed by atoms with Gasteiger partial charge in [-0.25, -0.2) is 13.4 Å². The number of fused-ring (bicyclic) bond motifs is 1. The second-order valence-corrected chi connectivity index (χ2v) is 11.5. The fourth-order valence-corrected chi connectivity index (χ4v) is 6.22. The van der Waals surface area contributed by atoms with E-state index in [-0.39, 0.29) is 29.6 Å². The summed E-state index contributed by atoms with van der Waals surface area (Å²) >= 11 is 0. The normalized spacial score (nSPS) is 19.7. The van der Waals surface area contributed by atoms with Gasteiger partial charge in [-0.15, -0.1) is 0 Å². The summed E-state index contributed by atoms with van der Waals surface area (Å²) in [6.07, 6.45) is 0.208. The Morgan fingerprint density at radius 3 is 2.50 bits per heavy atom. The van der Waals surface area contributed by atoms with Gasteiger partial charge in [0.1, 0.15) is 11.3 Å². The topological polar surface area (TPSA) is 97.5 Å². The van der Waals surface area contributed by atoms with Gasteiger partial charge in [-0.3, -0.25) is 4.72 Å². The van der Waals surface area contributed by atoms with Crippen LogP contribution in [0.5, 0.6) is 11.6 Å². The lowest BCUT2D eigenvalue weighted by Gasteiger charge is -2.41. The van der Waals surface area contributed by atoms with Crippen LogP contribution in [0.25, 0.3) is 0 Å². The largest absolute Gasteiger partial charge is 0.438 e. The first-order valence-electron chi connectivity index (χ1n) is 12.6. The highest BCUT2D eigenvalue weighted by molar-refractivity contribution is 7.92. The minimum Gasteiger partial charge on any atom is -0.438 e. The Morgan fingerprint density at radius 1 is 1.13 bits per heavy atom. The molecule has 1 aromatic heterocycles. The van der Waals surface area contributed by atoms with Gasteiger partial charge in [-0.2, -0.15) is 13.2 Å². The molecule has 0 spiro atoms. The maximum Gasteiger partial charge on any atom is 0.421 e. The Kier molecular flexibility index (Phi) is 6.99. The molecule has 38 heavy (non-hydrogen) atoms. The lowest BCUT2D eigenvalue weighted by atomic mass is 9.89. The number of ether oxygens (including phenoxy) is 1. The summed E-state index contributed by atoms with van der Waals surface area (Å²) in [7, 11) is -3.41. The average molecular weight is 547 g/mol. The SMILES string of the molecule is CCCS(=O)(=O)Nc1ccc(C2C(N)c3ccc(Oc4ncccc4C(F)(F)F)cc3N2C2CCC2)cc1. The number of nitrogens with two attached hydrogens (primary N) is 1. The number of nitrogens with zero attached hydrogens (tertiary/aromatic N) is 2. The first-order chi connectivity index (χ1) is 18.1. The number of pyridine rings is 1. The van der Waals surface area contributed by atoms with Crippen molar-refractivity contribution in [2.75, 3.05) is 15.4 Å². The number of halogens is 3. The molecule has 202 valence electrons. The molecule has 0 bridgehead atoms. The van der Waals surface area contributed by atoms with Gasteiger partial charge in [0, 0.05) is 29.7 Å². The number of hydrogen-bond acceptors (Lipinski definition) is 6. The van der Waals surface area contributed by atoms with E-state index in [1.807, 2.05) is 12.1 Å². The van der Waals surface area contributed by atoms with Gasteiger partial charge >= 0.3 is 6.18 Å². The monoisotopic (exact) mass is 546 g/mol. The third-order valence-electron chi connectivity index (χ3n) is 7.04. The molecular formula is C27H29F3N4O3S. The molecule has 11 heteroatoms. The van der Waals surface area contributed by atoms with E-state index in [2.05, 4.69) is 14.6 Å². The Hall–Kier alpha value is -3.31. The van der Waals surface area contributed by atoms with Crippen LogP contribution in [-0.4, -0.2) is 25.2 Å². The van der Waals surface area contributed by atoms with Gasteiger partial charge in [-0.1, -0.05) is 25.1 Å². The van der Waals surface area contributed by atoms with Crippen LogP contribution in [-0.2, 0) is 16.2 Å². The quantitative estimate of drug-likeness (QED) is 0.351. The van der Waals surface area contributed by atoms with Crippen molar-refractivity contribution >= 4 is 21.4 Å². The van der Waals surface area contributed by atoms with Crippen LogP contribution in [0.3, 0.4) is 0 Å². The number of benzene rings is 2. The van der Waals surface area contributed by atoms with Gasteiger partial charge < -0.3 is 15.4 Å². The number of anilines is 2. The van der Waals surface area contributed by atoms with Gasteiger partial charge in [0.2, 0.25) is 15.9 Å². The van der Waals surface area contributed by atoms with E-state index in [4.69, 9.17) is 10.5 Å². The van der Waals surface area contributed by atoms with Crippen molar-refractivity contribution < 1.29 is 26.3 Å². The molecule has 2 heterocycles. The zero-order chi connectivity index (χ0) is 27.1. The van der Waals surface area contributed by atoms with Gasteiger partial charge in [0.05, 0.1) is 17.8 Å². The molecule has 1 aliphatic carbocycles. The average Bonchev–Trinajstić information content (AvgIpc) is 3.09. The van der Waals surface area contributed by atoms with Crippen molar-refractivity contribution in [1.82, 2.24) is 4.98 Å². The molecule has 0 radical (unpaired) electrons. The summed E-state index contributed by atoms with van der Waals surface area (Å²) in [5.74, 6) is -0.221. The minimum absolute atomic E-state index is 0.0421. The van der Waals surface area contributed by atoms with Crippen molar-refractivity contribution in [2.24, 2.45) is 5.73 Å². The molecule has 5 rings (SSSR count). The summed E-state index contributed by atoms with van der Waals surface area (Å²) in [4.78, 5) is 6.04. The van der Waals surface area contributed by atoms with E-state index in [0.717, 1.165) is 42.1 Å². The van der Waals surface area contributed by atoms with E-state index in [1.54, 1.807) is 37.3 Å². The smallest absolute Gasteiger partial charge is 0.421 e. The number of nitrogens with one attached hydrogen (secondary N) is 1. The number of sulfonamides is 1. The van der Waals surface area contributed by atoms with Crippen LogP contribution in [0.4, 0.5) is 24.5 Å². The molecule has 1 aliphatic heterocycles. The summed E-state index contributed by atoms with van der Waals surface area (Å²) in [6, 6.07) is 14.1. The van der Waals surface area contributed by atoms with Crippen molar-refractivity contribution in [1.29, 1.82) is 0 Å². The summed E-state index contributed by atoms with van der Waals surface area (Å²) in [5.41, 5.74) is 8.89. The molecule has 1 saturated carbocycles. The highest BCUT2D eigenvalue weighted by Crippen LogP contribution is 2.51. The second kappa shape index (κ2) is 10.1. The molecule has 2 unspecified atom stereocenters. The van der Waals surface area contributed by atoms with Gasteiger partial charge in [-0.05, 0) is 67.1 Å². The molecule has 0 saturated heterocycles. The van der Waals surface area contributed by atoms with Gasteiger partial charge in [0.25, 0.3) is 0 Å². The van der Waals surface area contributed by atoms with Crippen LogP contribution in [0.15, 0.2) is 60.8 Å². The Morgan fingerprint density at radius 2 is 1.87 bits per heavy atom. The van der Waals surface area contributed by atoms with Crippen LogP contribution < -0.4 is 20.1 Å². The van der Waals surface area contributed by atoms with Crippen molar-refractivity contribution in [3.8, 4) is 11.6 Å². The minimum atomic E-state index is -4.59. The third-order valence-corrected chi connectivity index (χ3v) is 8.53. The van der Waals surface area contributed by atoms with E-state index in [1.165, 1.54) is 12.3 Å². The third kappa shape index (κ3) is 5.17. The predicted octanol–water partition coefficient (Wildman–Crippen LogP) is 6.16. The zero-order valence-corrected chi connectivity index (χ0v) is 21.6. The molecule has 2 aromatic carbocycles. The molecule has 1 fully saturated rings. The highest BCUT2D eigenvalue weighted by Gasteiger charge is 2.43. The first kappa shape index (κ1) is 26.3. The summed E-state index contributed by atoms with van der Waals surface area (Å²) < 4.78 is 72.9. The fraction of sp³-hybridized carbons (Fsp3) is 0.370. The number of aromatic nitrogens is 1. The van der Waals surface area contributed by atoms with Crippen LogP contribution in [0, 0.1) is 0 Å². The standard InChI is InChI=1S/C27H29F3N4O3S/c1-2-15-38(35,36)33-18-10-8-17(9-11-18)25-24(31)21-13-12-20(16-23(21)34(25)19-5-3-6-19)37-26-22(27(28,29)30)7-4-14-32-26/h4,7-14,16,19,24-25,33H,2-3,5-6,15,31H2,1H3. The van der Waals surface area contributed by atoms with Crippen molar-refractivity contribution in [3.63, 3.8) is 0 Å². The Labute approximate surface area is 219 Å². The lowest BCUT2D eigenvalue weighted by molar-refractivity contribution is -0.138. The molecule has 3 N–H and O–H groups in total. The molecule has 7 nitrogen and oxygen atoms in total. The zero-order valence-electron chi connectivity index (χ0n) is 20.8. The second-order valence-electron chi connectivity index (χ2n) is 9.68. The van der Waals surface area contributed by atoms with E-state index < -0.39 is 27.6 Å². The molecule has 0 amide bonds.